The van der Waals surface area contributed by atoms with Gasteiger partial charge in [0.2, 0.25) is 5.91 Å². The first-order valence-electron chi connectivity index (χ1n) is 7.73. The van der Waals surface area contributed by atoms with E-state index in [0.717, 1.165) is 6.54 Å². The first kappa shape index (κ1) is 18.0. The smallest absolute Gasteiger partial charge is 0.414 e. The van der Waals surface area contributed by atoms with Crippen molar-refractivity contribution in [3.8, 4) is 0 Å². The minimum Gasteiger partial charge on any atom is -0.442 e. The molecule has 1 aromatic carbocycles. The molecule has 0 saturated carbocycles. The minimum absolute atomic E-state index is 0.197. The molecule has 1 aliphatic rings. The highest BCUT2D eigenvalue weighted by molar-refractivity contribution is 5.90. The molecular formula is C15H22FN5O3. The topological polar surface area (TPSA) is 94.7 Å². The molecule has 24 heavy (non-hydrogen) atoms. The van der Waals surface area contributed by atoms with Gasteiger partial charge in [-0.25, -0.2) is 14.6 Å². The number of rotatable bonds is 8. The lowest BCUT2D eigenvalue weighted by atomic mass is 10.2. The Balaban J connectivity index is 1.95. The van der Waals surface area contributed by atoms with E-state index in [0.29, 0.717) is 18.0 Å². The second-order valence-electron chi connectivity index (χ2n) is 5.28. The Kier molecular flexibility index (Phi) is 6.33. The fourth-order valence-corrected chi connectivity index (χ4v) is 2.24. The quantitative estimate of drug-likeness (QED) is 0.318. The predicted molar refractivity (Wildman–Crippen MR) is 88.0 cm³/mol. The molecule has 9 heteroatoms. The number of carbonyl (C=O) groups excluding carboxylic acids is 2. The zero-order valence-electron chi connectivity index (χ0n) is 13.7. The van der Waals surface area contributed by atoms with Crippen molar-refractivity contribution in [1.82, 2.24) is 16.2 Å². The highest BCUT2D eigenvalue weighted by Crippen LogP contribution is 2.25. The van der Waals surface area contributed by atoms with E-state index in [-0.39, 0.29) is 19.0 Å². The largest absolute Gasteiger partial charge is 0.442 e. The summed E-state index contributed by atoms with van der Waals surface area (Å²) in [5, 5.41) is 5.48. The molecule has 132 valence electrons. The number of hydrogen-bond donors (Lipinski definition) is 4. The van der Waals surface area contributed by atoms with Gasteiger partial charge in [0, 0.05) is 13.5 Å². The molecule has 1 aliphatic heterocycles. The third-order valence-electron chi connectivity index (χ3n) is 3.39. The number of nitrogens with one attached hydrogen (secondary N) is 4. The standard InChI is InChI=1S/C15H22FN5O3/c1-3-19-20-9-18-14-5-4-11(6-13(14)16)21-8-12(24-15(21)23)7-17-10(2)22/h4-6,12,18-20H,3,7-9H2,1-2H3,(H,17,22)/t12-/m0/s1. The van der Waals surface area contributed by atoms with E-state index in [2.05, 4.69) is 21.5 Å². The van der Waals surface area contributed by atoms with Crippen LogP contribution in [0.1, 0.15) is 13.8 Å². The van der Waals surface area contributed by atoms with Crippen molar-refractivity contribution < 1.29 is 18.7 Å². The second-order valence-corrected chi connectivity index (χ2v) is 5.28. The van der Waals surface area contributed by atoms with Crippen molar-refractivity contribution in [3.05, 3.63) is 24.0 Å². The van der Waals surface area contributed by atoms with E-state index < -0.39 is 18.0 Å². The Morgan fingerprint density at radius 2 is 2.21 bits per heavy atom. The summed E-state index contributed by atoms with van der Waals surface area (Å²) in [6.45, 7) is 4.93. The molecule has 0 aliphatic carbocycles. The van der Waals surface area contributed by atoms with Crippen molar-refractivity contribution in [3.63, 3.8) is 0 Å². The van der Waals surface area contributed by atoms with Crippen LogP contribution in [0.15, 0.2) is 18.2 Å². The van der Waals surface area contributed by atoms with Crippen LogP contribution < -0.4 is 26.4 Å². The fourth-order valence-electron chi connectivity index (χ4n) is 2.24. The Hall–Kier alpha value is -2.39. The van der Waals surface area contributed by atoms with Crippen LogP contribution in [0.25, 0.3) is 0 Å². The number of ether oxygens (including phenoxy) is 1. The molecule has 1 atom stereocenters. The lowest BCUT2D eigenvalue weighted by molar-refractivity contribution is -0.119. The van der Waals surface area contributed by atoms with E-state index in [1.165, 1.54) is 17.9 Å². The highest BCUT2D eigenvalue weighted by Gasteiger charge is 2.32. The van der Waals surface area contributed by atoms with Gasteiger partial charge in [0.1, 0.15) is 11.9 Å². The van der Waals surface area contributed by atoms with Crippen molar-refractivity contribution in [2.24, 2.45) is 0 Å². The average Bonchev–Trinajstić information content (AvgIpc) is 2.92. The Morgan fingerprint density at radius 3 is 2.88 bits per heavy atom. The van der Waals surface area contributed by atoms with Crippen LogP contribution in [0.2, 0.25) is 0 Å². The van der Waals surface area contributed by atoms with Gasteiger partial charge in [-0.2, -0.15) is 0 Å². The van der Waals surface area contributed by atoms with Gasteiger partial charge in [-0.3, -0.25) is 15.1 Å². The van der Waals surface area contributed by atoms with Crippen molar-refractivity contribution in [1.29, 1.82) is 0 Å². The van der Waals surface area contributed by atoms with E-state index in [1.54, 1.807) is 12.1 Å². The van der Waals surface area contributed by atoms with Gasteiger partial charge >= 0.3 is 6.09 Å². The van der Waals surface area contributed by atoms with Gasteiger partial charge in [-0.1, -0.05) is 6.92 Å². The van der Waals surface area contributed by atoms with Gasteiger partial charge in [0.25, 0.3) is 0 Å². The maximum atomic E-state index is 14.1. The fraction of sp³-hybridized carbons (Fsp3) is 0.467. The summed E-state index contributed by atoms with van der Waals surface area (Å²) in [6, 6.07) is 4.48. The van der Waals surface area contributed by atoms with Crippen LogP contribution in [-0.4, -0.2) is 44.4 Å². The predicted octanol–water partition coefficient (Wildman–Crippen LogP) is 0.770. The number of halogens is 1. The molecule has 0 aromatic heterocycles. The molecule has 0 radical (unpaired) electrons. The molecule has 1 saturated heterocycles. The van der Waals surface area contributed by atoms with Crippen LogP contribution in [0.3, 0.4) is 0 Å². The normalized spacial score (nSPS) is 16.9. The van der Waals surface area contributed by atoms with Gasteiger partial charge < -0.3 is 15.4 Å². The number of cyclic esters (lactones) is 1. The summed E-state index contributed by atoms with van der Waals surface area (Å²) in [6.07, 6.45) is -1.01. The molecule has 0 spiro atoms. The van der Waals surface area contributed by atoms with Gasteiger partial charge in [-0.05, 0) is 18.2 Å². The Morgan fingerprint density at radius 1 is 1.42 bits per heavy atom. The number of hydrogen-bond acceptors (Lipinski definition) is 6. The molecule has 1 aromatic rings. The molecule has 2 rings (SSSR count). The Labute approximate surface area is 139 Å². The highest BCUT2D eigenvalue weighted by atomic mass is 19.1. The van der Waals surface area contributed by atoms with Crippen LogP contribution in [0, 0.1) is 5.82 Å². The average molecular weight is 339 g/mol. The number of nitrogens with zero attached hydrogens (tertiary/aromatic N) is 1. The van der Waals surface area contributed by atoms with Gasteiger partial charge in [-0.15, -0.1) is 0 Å². The van der Waals surface area contributed by atoms with Crippen LogP contribution in [-0.2, 0) is 9.53 Å². The monoisotopic (exact) mass is 339 g/mol. The van der Waals surface area contributed by atoms with Crippen LogP contribution in [0.5, 0.6) is 0 Å². The summed E-state index contributed by atoms with van der Waals surface area (Å²) in [5.74, 6) is -0.666. The molecule has 1 heterocycles. The van der Waals surface area contributed by atoms with E-state index in [9.17, 15) is 14.0 Å². The number of carbonyl (C=O) groups is 2. The zero-order valence-corrected chi connectivity index (χ0v) is 13.7. The second kappa shape index (κ2) is 8.46. The van der Waals surface area contributed by atoms with Gasteiger partial charge in [0.15, 0.2) is 0 Å². The molecule has 2 amide bonds. The summed E-state index contributed by atoms with van der Waals surface area (Å²) < 4.78 is 19.3. The van der Waals surface area contributed by atoms with E-state index in [1.807, 2.05) is 6.92 Å². The molecule has 0 bridgehead atoms. The molecular weight excluding hydrogens is 317 g/mol. The van der Waals surface area contributed by atoms with Crippen LogP contribution in [0.4, 0.5) is 20.6 Å². The van der Waals surface area contributed by atoms with E-state index in [4.69, 9.17) is 4.74 Å². The number of hydrazine groups is 1. The molecule has 4 N–H and O–H groups in total. The number of benzene rings is 1. The Bertz CT molecular complexity index is 598. The van der Waals surface area contributed by atoms with E-state index >= 15 is 0 Å². The summed E-state index contributed by atoms with van der Waals surface area (Å²) in [5.41, 5.74) is 6.50. The number of amides is 2. The summed E-state index contributed by atoms with van der Waals surface area (Å²) in [7, 11) is 0. The van der Waals surface area contributed by atoms with Gasteiger partial charge in [0.05, 0.1) is 31.1 Å². The summed E-state index contributed by atoms with van der Waals surface area (Å²) in [4.78, 5) is 24.2. The minimum atomic E-state index is -0.556. The third kappa shape index (κ3) is 4.80. The SMILES string of the molecule is CCNNCNc1ccc(N2C[C@H](CNC(C)=O)OC2=O)cc1F. The van der Waals surface area contributed by atoms with Crippen molar-refractivity contribution in [2.45, 2.75) is 20.0 Å². The zero-order chi connectivity index (χ0) is 17.5. The molecule has 8 nitrogen and oxygen atoms in total. The maximum Gasteiger partial charge on any atom is 0.414 e. The number of anilines is 2. The van der Waals surface area contributed by atoms with Crippen molar-refractivity contribution in [2.75, 3.05) is 36.5 Å². The van der Waals surface area contributed by atoms with Crippen LogP contribution >= 0.6 is 0 Å². The maximum absolute atomic E-state index is 14.1. The molecule has 1 fully saturated rings. The first-order valence-corrected chi connectivity index (χ1v) is 7.73. The summed E-state index contributed by atoms with van der Waals surface area (Å²) >= 11 is 0. The first-order chi connectivity index (χ1) is 11.5. The van der Waals surface area contributed by atoms with Crippen molar-refractivity contribution >= 4 is 23.4 Å². The molecule has 0 unspecified atom stereocenters. The lowest BCUT2D eigenvalue weighted by Gasteiger charge is -2.15. The lowest BCUT2D eigenvalue weighted by Crippen LogP contribution is -2.35. The third-order valence-corrected chi connectivity index (χ3v) is 3.39.